The van der Waals surface area contributed by atoms with Gasteiger partial charge in [0.25, 0.3) is 0 Å². The maximum atomic E-state index is 6.35. The summed E-state index contributed by atoms with van der Waals surface area (Å²) in [4.78, 5) is 10.3. The highest BCUT2D eigenvalue weighted by atomic mass is 35.5. The molecular weight excluding hydrogens is 320 g/mol. The predicted molar refractivity (Wildman–Crippen MR) is 101 cm³/mol. The fraction of sp³-hybridized carbons (Fsp3) is 0.684. The maximum Gasteiger partial charge on any atom is 0.0427 e. The predicted octanol–water partition coefficient (Wildman–Crippen LogP) is 2.37. The molecular formula is C19H29ClN4. The molecule has 1 aromatic carbocycles. The maximum absolute atomic E-state index is 6.35. The summed E-state index contributed by atoms with van der Waals surface area (Å²) in [5.74, 6) is 0. The summed E-state index contributed by atoms with van der Waals surface area (Å²) in [6.07, 6.45) is 2.72. The first kappa shape index (κ1) is 16.6. The Morgan fingerprint density at radius 3 is 2.71 bits per heavy atom. The van der Waals surface area contributed by atoms with Crippen LogP contribution < -0.4 is 4.90 Å². The quantitative estimate of drug-likeness (QED) is 0.831. The first-order valence-corrected chi connectivity index (χ1v) is 9.75. The van der Waals surface area contributed by atoms with Gasteiger partial charge in [0.1, 0.15) is 0 Å². The number of benzene rings is 1. The van der Waals surface area contributed by atoms with Crippen molar-refractivity contribution < 1.29 is 0 Å². The number of halogens is 1. The molecule has 4 nitrogen and oxygen atoms in total. The van der Waals surface area contributed by atoms with Crippen LogP contribution in [0.5, 0.6) is 0 Å². The molecule has 0 unspecified atom stereocenters. The summed E-state index contributed by atoms with van der Waals surface area (Å²) in [6, 6.07) is 7.24. The molecule has 0 aliphatic carbocycles. The summed E-state index contributed by atoms with van der Waals surface area (Å²) in [7, 11) is 2.21. The van der Waals surface area contributed by atoms with E-state index in [0.717, 1.165) is 43.8 Å². The molecule has 0 N–H and O–H groups in total. The molecule has 1 atom stereocenters. The number of hydrogen-bond donors (Lipinski definition) is 0. The monoisotopic (exact) mass is 348 g/mol. The minimum atomic E-state index is 0.745. The average molecular weight is 349 g/mol. The van der Waals surface area contributed by atoms with Gasteiger partial charge in [-0.2, -0.15) is 0 Å². The molecule has 3 heterocycles. The lowest BCUT2D eigenvalue weighted by molar-refractivity contribution is 0.148. The van der Waals surface area contributed by atoms with E-state index in [2.05, 4.69) is 44.8 Å². The lowest BCUT2D eigenvalue weighted by atomic mass is 10.1. The first-order chi connectivity index (χ1) is 11.7. The van der Waals surface area contributed by atoms with Gasteiger partial charge in [-0.05, 0) is 44.1 Å². The molecule has 5 heteroatoms. The number of likely N-dealkylation sites (N-methyl/N-ethyl adjacent to an activating group) is 1. The van der Waals surface area contributed by atoms with E-state index in [0.29, 0.717) is 0 Å². The van der Waals surface area contributed by atoms with Crippen LogP contribution in [-0.4, -0.2) is 80.1 Å². The minimum Gasteiger partial charge on any atom is -0.368 e. The van der Waals surface area contributed by atoms with Crippen LogP contribution >= 0.6 is 11.6 Å². The van der Waals surface area contributed by atoms with Crippen molar-refractivity contribution in [2.24, 2.45) is 0 Å². The van der Waals surface area contributed by atoms with Crippen LogP contribution in [0.15, 0.2) is 18.2 Å². The third-order valence-electron chi connectivity index (χ3n) is 5.97. The third-order valence-corrected chi connectivity index (χ3v) is 6.20. The molecule has 3 aliphatic heterocycles. The smallest absolute Gasteiger partial charge is 0.0427 e. The number of fused-ring (bicyclic) bond motifs is 1. The van der Waals surface area contributed by atoms with Gasteiger partial charge in [0.2, 0.25) is 0 Å². The Hall–Kier alpha value is -0.810. The zero-order valence-corrected chi connectivity index (χ0v) is 15.5. The van der Waals surface area contributed by atoms with Crippen LogP contribution in [0, 0.1) is 0 Å². The fourth-order valence-corrected chi connectivity index (χ4v) is 4.59. The lowest BCUT2D eigenvalue weighted by Crippen LogP contribution is -2.50. The van der Waals surface area contributed by atoms with Crippen LogP contribution in [0.3, 0.4) is 0 Å². The van der Waals surface area contributed by atoms with Crippen LogP contribution in [0.25, 0.3) is 0 Å². The minimum absolute atomic E-state index is 0.745. The molecule has 0 radical (unpaired) electrons. The van der Waals surface area contributed by atoms with E-state index in [1.807, 2.05) is 0 Å². The van der Waals surface area contributed by atoms with E-state index in [4.69, 9.17) is 11.6 Å². The second-order valence-corrected chi connectivity index (χ2v) is 8.07. The van der Waals surface area contributed by atoms with Gasteiger partial charge in [0.15, 0.2) is 0 Å². The van der Waals surface area contributed by atoms with Gasteiger partial charge in [0, 0.05) is 69.1 Å². The van der Waals surface area contributed by atoms with Crippen molar-refractivity contribution in [3.8, 4) is 0 Å². The normalized spacial score (nSPS) is 26.8. The van der Waals surface area contributed by atoms with Crippen LogP contribution in [0.2, 0.25) is 5.02 Å². The Morgan fingerprint density at radius 2 is 1.88 bits per heavy atom. The highest BCUT2D eigenvalue weighted by molar-refractivity contribution is 6.30. The summed E-state index contributed by atoms with van der Waals surface area (Å²) < 4.78 is 0. The van der Waals surface area contributed by atoms with Crippen molar-refractivity contribution in [3.63, 3.8) is 0 Å². The standard InChI is InChI=1S/C19H29ClN4/c1-21-7-9-22(10-8-21)14-16-4-5-17(20)13-19(16)24-12-11-23-6-2-3-18(23)15-24/h4-5,13,18H,2-3,6-12,14-15H2,1H3/t18-/m1/s1. The van der Waals surface area contributed by atoms with Gasteiger partial charge in [-0.3, -0.25) is 9.80 Å². The summed E-state index contributed by atoms with van der Waals surface area (Å²) in [6.45, 7) is 10.5. The first-order valence-electron chi connectivity index (χ1n) is 9.37. The number of anilines is 1. The van der Waals surface area contributed by atoms with E-state index in [9.17, 15) is 0 Å². The molecule has 4 rings (SSSR count). The molecule has 0 bridgehead atoms. The van der Waals surface area contributed by atoms with Crippen LogP contribution in [0.4, 0.5) is 5.69 Å². The van der Waals surface area contributed by atoms with E-state index in [-0.39, 0.29) is 0 Å². The van der Waals surface area contributed by atoms with Gasteiger partial charge in [-0.15, -0.1) is 0 Å². The van der Waals surface area contributed by atoms with Crippen molar-refractivity contribution in [1.82, 2.24) is 14.7 Å². The fourth-order valence-electron chi connectivity index (χ4n) is 4.42. The number of piperazine rings is 2. The van der Waals surface area contributed by atoms with Crippen LogP contribution in [0.1, 0.15) is 18.4 Å². The van der Waals surface area contributed by atoms with Gasteiger partial charge >= 0.3 is 0 Å². The zero-order valence-electron chi connectivity index (χ0n) is 14.8. The second-order valence-electron chi connectivity index (χ2n) is 7.63. The van der Waals surface area contributed by atoms with E-state index >= 15 is 0 Å². The number of hydrogen-bond acceptors (Lipinski definition) is 4. The Bertz CT molecular complexity index is 570. The molecule has 3 aliphatic rings. The average Bonchev–Trinajstić information content (AvgIpc) is 3.06. The van der Waals surface area contributed by atoms with Gasteiger partial charge in [-0.25, -0.2) is 0 Å². The lowest BCUT2D eigenvalue weighted by Gasteiger charge is -2.40. The van der Waals surface area contributed by atoms with Gasteiger partial charge in [-0.1, -0.05) is 17.7 Å². The van der Waals surface area contributed by atoms with Crippen molar-refractivity contribution in [3.05, 3.63) is 28.8 Å². The summed E-state index contributed by atoms with van der Waals surface area (Å²) >= 11 is 6.35. The van der Waals surface area contributed by atoms with Crippen molar-refractivity contribution in [2.75, 3.05) is 64.3 Å². The van der Waals surface area contributed by atoms with Gasteiger partial charge in [0.05, 0.1) is 0 Å². The van der Waals surface area contributed by atoms with Crippen molar-refractivity contribution in [2.45, 2.75) is 25.4 Å². The Morgan fingerprint density at radius 1 is 1.04 bits per heavy atom. The molecule has 0 aromatic heterocycles. The topological polar surface area (TPSA) is 13.0 Å². The Kier molecular flexibility index (Phi) is 5.00. The molecule has 1 aromatic rings. The summed E-state index contributed by atoms with van der Waals surface area (Å²) in [5, 5.41) is 0.862. The molecule has 0 amide bonds. The Labute approximate surface area is 151 Å². The van der Waals surface area contributed by atoms with E-state index < -0.39 is 0 Å². The molecule has 0 spiro atoms. The molecule has 0 saturated carbocycles. The molecule has 24 heavy (non-hydrogen) atoms. The van der Waals surface area contributed by atoms with E-state index in [1.165, 1.54) is 50.3 Å². The second kappa shape index (κ2) is 7.20. The molecule has 132 valence electrons. The largest absolute Gasteiger partial charge is 0.368 e. The Balaban J connectivity index is 1.50. The van der Waals surface area contributed by atoms with Crippen LogP contribution in [-0.2, 0) is 6.54 Å². The highest BCUT2D eigenvalue weighted by Crippen LogP contribution is 2.30. The SMILES string of the molecule is CN1CCN(Cc2ccc(Cl)cc2N2CCN3CCC[C@@H]3C2)CC1. The summed E-state index contributed by atoms with van der Waals surface area (Å²) in [5.41, 5.74) is 2.81. The van der Waals surface area contributed by atoms with E-state index in [1.54, 1.807) is 0 Å². The number of rotatable bonds is 3. The third kappa shape index (κ3) is 3.57. The number of nitrogens with zero attached hydrogens (tertiary/aromatic N) is 4. The molecule has 3 fully saturated rings. The van der Waals surface area contributed by atoms with Crippen molar-refractivity contribution in [1.29, 1.82) is 0 Å². The zero-order chi connectivity index (χ0) is 16.5. The highest BCUT2D eigenvalue weighted by Gasteiger charge is 2.31. The molecule has 3 saturated heterocycles. The van der Waals surface area contributed by atoms with Gasteiger partial charge < -0.3 is 9.80 Å². The van der Waals surface area contributed by atoms with Crippen molar-refractivity contribution >= 4 is 17.3 Å².